The lowest BCUT2D eigenvalue weighted by atomic mass is 9.99. The molecule has 0 aliphatic heterocycles. The van der Waals surface area contributed by atoms with Gasteiger partial charge in [0, 0.05) is 25.7 Å². The van der Waals surface area contributed by atoms with Gasteiger partial charge in [-0.05, 0) is 49.4 Å². The third-order valence-electron chi connectivity index (χ3n) is 14.9. The number of esters is 4. The second kappa shape index (κ2) is 54.2. The van der Waals surface area contributed by atoms with E-state index in [1.54, 1.807) is 0 Å². The van der Waals surface area contributed by atoms with Gasteiger partial charge in [0.15, 0.2) is 12.2 Å². The van der Waals surface area contributed by atoms with E-state index in [2.05, 4.69) is 55.4 Å². The number of hydrogen-bond acceptors (Lipinski definition) is 15. The number of carbonyl (C=O) groups is 4. The van der Waals surface area contributed by atoms with Gasteiger partial charge < -0.3 is 33.8 Å². The number of phosphoric acid groups is 2. The Morgan fingerprint density at radius 1 is 0.337 bits per heavy atom. The Labute approximate surface area is 505 Å². The van der Waals surface area contributed by atoms with E-state index in [-0.39, 0.29) is 25.7 Å². The molecule has 0 saturated carbocycles. The molecule has 0 rings (SSSR count). The summed E-state index contributed by atoms with van der Waals surface area (Å²) in [5.41, 5.74) is 0. The van der Waals surface area contributed by atoms with Crippen LogP contribution in [0.2, 0.25) is 0 Å². The molecule has 0 aromatic heterocycles. The molecule has 6 atom stereocenters. The lowest BCUT2D eigenvalue weighted by Crippen LogP contribution is -2.30. The van der Waals surface area contributed by atoms with Crippen molar-refractivity contribution in [3.8, 4) is 0 Å². The normalized spacial score (nSPS) is 14.8. The highest BCUT2D eigenvalue weighted by Crippen LogP contribution is 2.45. The Morgan fingerprint density at radius 3 is 0.855 bits per heavy atom. The molecule has 0 aromatic carbocycles. The van der Waals surface area contributed by atoms with Gasteiger partial charge in [-0.1, -0.05) is 254 Å². The van der Waals surface area contributed by atoms with Crippen molar-refractivity contribution in [2.24, 2.45) is 23.7 Å². The van der Waals surface area contributed by atoms with Crippen LogP contribution in [0.1, 0.15) is 306 Å². The molecule has 17 nitrogen and oxygen atoms in total. The SMILES string of the molecule is CCC(C)CCCCCCCCCCC(=O)OC[C@H](COP(=O)(O)OC[C@@H](O)COP(=O)(O)OC[C@@H](COC(=O)CCCCCCCCC(C)C)OC(=O)CCCCCCCCCCCC(C)C)OC(=O)CCCCCCCCCC(C)C. The summed E-state index contributed by atoms with van der Waals surface area (Å²) < 4.78 is 68.0. The molecule has 0 aliphatic carbocycles. The van der Waals surface area contributed by atoms with E-state index in [9.17, 15) is 43.2 Å². The van der Waals surface area contributed by atoms with Gasteiger partial charge in [0.05, 0.1) is 26.4 Å². The van der Waals surface area contributed by atoms with Crippen LogP contribution in [0.25, 0.3) is 0 Å². The molecule has 0 spiro atoms. The maximum absolute atomic E-state index is 13.0. The van der Waals surface area contributed by atoms with Crippen molar-refractivity contribution in [1.29, 1.82) is 0 Å². The molecular formula is C64H124O17P2. The van der Waals surface area contributed by atoms with Crippen LogP contribution in [0.5, 0.6) is 0 Å². The van der Waals surface area contributed by atoms with Gasteiger partial charge in [0.25, 0.3) is 0 Å². The van der Waals surface area contributed by atoms with Crippen LogP contribution in [0.15, 0.2) is 0 Å². The van der Waals surface area contributed by atoms with Gasteiger partial charge in [0.2, 0.25) is 0 Å². The van der Waals surface area contributed by atoms with E-state index >= 15 is 0 Å². The Hall–Kier alpha value is -1.94. The monoisotopic (exact) mass is 1230 g/mol. The quantitative estimate of drug-likeness (QED) is 0.0222. The summed E-state index contributed by atoms with van der Waals surface area (Å²) in [7, 11) is -9.89. The molecule has 83 heavy (non-hydrogen) atoms. The number of unbranched alkanes of at least 4 members (excludes halogenated alkanes) is 26. The second-order valence-electron chi connectivity index (χ2n) is 24.8. The molecular weight excluding hydrogens is 1100 g/mol. The summed E-state index contributed by atoms with van der Waals surface area (Å²) >= 11 is 0. The molecule has 0 aliphatic rings. The van der Waals surface area contributed by atoms with Crippen LogP contribution < -0.4 is 0 Å². The zero-order valence-electron chi connectivity index (χ0n) is 53.8. The summed E-state index contributed by atoms with van der Waals surface area (Å²) in [4.78, 5) is 72.2. The minimum atomic E-state index is -4.94. The zero-order valence-corrected chi connectivity index (χ0v) is 55.6. The van der Waals surface area contributed by atoms with Gasteiger partial charge in [-0.3, -0.25) is 37.3 Å². The van der Waals surface area contributed by atoms with Gasteiger partial charge in [0.1, 0.15) is 19.3 Å². The fourth-order valence-electron chi connectivity index (χ4n) is 9.40. The first-order chi connectivity index (χ1) is 39.6. The first-order valence-electron chi connectivity index (χ1n) is 33.2. The molecule has 0 bridgehead atoms. The van der Waals surface area contributed by atoms with Crippen LogP contribution in [0.4, 0.5) is 0 Å². The number of phosphoric ester groups is 2. The molecule has 0 amide bonds. The second-order valence-corrected chi connectivity index (χ2v) is 27.7. The molecule has 0 aromatic rings. The van der Waals surface area contributed by atoms with Crippen molar-refractivity contribution >= 4 is 39.5 Å². The summed E-state index contributed by atoms with van der Waals surface area (Å²) in [5, 5.41) is 10.5. The third-order valence-corrected chi connectivity index (χ3v) is 16.8. The van der Waals surface area contributed by atoms with E-state index in [4.69, 9.17) is 37.0 Å². The molecule has 0 heterocycles. The van der Waals surface area contributed by atoms with Crippen molar-refractivity contribution in [3.05, 3.63) is 0 Å². The van der Waals surface area contributed by atoms with Crippen molar-refractivity contribution in [2.45, 2.75) is 324 Å². The highest BCUT2D eigenvalue weighted by Gasteiger charge is 2.30. The molecule has 0 fully saturated rings. The van der Waals surface area contributed by atoms with Gasteiger partial charge in [-0.25, -0.2) is 9.13 Å². The average Bonchev–Trinajstić information content (AvgIpc) is 3.45. The summed E-state index contributed by atoms with van der Waals surface area (Å²) in [6, 6.07) is 0. The minimum Gasteiger partial charge on any atom is -0.462 e. The highest BCUT2D eigenvalue weighted by molar-refractivity contribution is 7.47. The van der Waals surface area contributed by atoms with Gasteiger partial charge in [-0.15, -0.1) is 0 Å². The minimum absolute atomic E-state index is 0.102. The van der Waals surface area contributed by atoms with E-state index in [1.165, 1.54) is 103 Å². The van der Waals surface area contributed by atoms with E-state index in [0.29, 0.717) is 37.5 Å². The number of ether oxygens (including phenoxy) is 4. The van der Waals surface area contributed by atoms with Crippen LogP contribution in [0, 0.1) is 23.7 Å². The van der Waals surface area contributed by atoms with Gasteiger partial charge in [-0.2, -0.15) is 0 Å². The molecule has 0 radical (unpaired) electrons. The summed E-state index contributed by atoms with van der Waals surface area (Å²) in [5.74, 6) is 0.747. The van der Waals surface area contributed by atoms with Crippen molar-refractivity contribution in [3.63, 3.8) is 0 Å². The number of rotatable bonds is 61. The predicted octanol–water partition coefficient (Wildman–Crippen LogP) is 17.4. The fourth-order valence-corrected chi connectivity index (χ4v) is 11.0. The number of carbonyl (C=O) groups excluding carboxylic acids is 4. The smallest absolute Gasteiger partial charge is 0.462 e. The Bertz CT molecular complexity index is 1660. The number of hydrogen-bond donors (Lipinski definition) is 3. The van der Waals surface area contributed by atoms with Crippen molar-refractivity contribution < 1.29 is 80.2 Å². The fraction of sp³-hybridized carbons (Fsp3) is 0.938. The van der Waals surface area contributed by atoms with Crippen molar-refractivity contribution in [2.75, 3.05) is 39.6 Å². The lowest BCUT2D eigenvalue weighted by Gasteiger charge is -2.21. The Balaban J connectivity index is 5.25. The van der Waals surface area contributed by atoms with Crippen LogP contribution in [-0.2, 0) is 65.4 Å². The van der Waals surface area contributed by atoms with Crippen molar-refractivity contribution in [1.82, 2.24) is 0 Å². The molecule has 3 N–H and O–H groups in total. The molecule has 3 unspecified atom stereocenters. The maximum atomic E-state index is 13.0. The Morgan fingerprint density at radius 2 is 0.578 bits per heavy atom. The number of aliphatic hydroxyl groups excluding tert-OH is 1. The van der Waals surface area contributed by atoms with Crippen LogP contribution >= 0.6 is 15.6 Å². The zero-order chi connectivity index (χ0) is 61.8. The summed E-state index contributed by atoms with van der Waals surface area (Å²) in [6.07, 6.45) is 33.7. The largest absolute Gasteiger partial charge is 0.472 e. The van der Waals surface area contributed by atoms with E-state index in [0.717, 1.165) is 108 Å². The first kappa shape index (κ1) is 81.1. The first-order valence-corrected chi connectivity index (χ1v) is 36.2. The van der Waals surface area contributed by atoms with Crippen LogP contribution in [0.3, 0.4) is 0 Å². The maximum Gasteiger partial charge on any atom is 0.472 e. The predicted molar refractivity (Wildman–Crippen MR) is 331 cm³/mol. The summed E-state index contributed by atoms with van der Waals surface area (Å²) in [6.45, 7) is 13.9. The number of aliphatic hydroxyl groups is 1. The van der Waals surface area contributed by atoms with E-state index in [1.807, 2.05) is 0 Å². The third kappa shape index (κ3) is 57.6. The highest BCUT2D eigenvalue weighted by atomic mass is 31.2. The topological polar surface area (TPSA) is 237 Å². The van der Waals surface area contributed by atoms with Crippen LogP contribution in [-0.4, -0.2) is 96.7 Å². The Kier molecular flexibility index (Phi) is 53.0. The average molecular weight is 1230 g/mol. The lowest BCUT2D eigenvalue weighted by molar-refractivity contribution is -0.161. The molecule has 492 valence electrons. The molecule has 0 saturated heterocycles. The van der Waals surface area contributed by atoms with Gasteiger partial charge >= 0.3 is 39.5 Å². The standard InChI is InChI=1S/C64H124O17P2/c1-9-57(8)43-35-27-18-13-14-19-28-36-44-61(66)74-50-59(81-64(69)47-39-31-21-15-17-25-33-41-55(4)5)52-78-82(70,71)76-48-58(65)49-77-83(72,73)79-53-60(51-75-62(67)45-37-29-23-22-26-34-42-56(6)7)80-63(68)46-38-30-20-12-10-11-16-24-32-40-54(2)3/h54-60,65H,9-53H2,1-8H3,(H,70,71)(H,72,73)/t57?,58-,59-,60-/m1/s1. The molecule has 19 heteroatoms. The van der Waals surface area contributed by atoms with E-state index < -0.39 is 97.5 Å².